The number of rotatable bonds is 4. The van der Waals surface area contributed by atoms with Gasteiger partial charge >= 0.3 is 0 Å². The van der Waals surface area contributed by atoms with Crippen molar-refractivity contribution in [1.82, 2.24) is 4.90 Å². The molecule has 0 radical (unpaired) electrons. The molecule has 2 aliphatic rings. The van der Waals surface area contributed by atoms with Gasteiger partial charge in [-0.3, -0.25) is 9.69 Å². The minimum Gasteiger partial charge on any atom is -0.459 e. The number of pyridine rings is 1. The molecule has 2 aromatic heterocycles. The lowest BCUT2D eigenvalue weighted by Gasteiger charge is -2.31. The predicted octanol–water partition coefficient (Wildman–Crippen LogP) is 2.61. The molecule has 0 unspecified atom stereocenters. The molecule has 1 aliphatic carbocycles. The fraction of sp³-hybridized carbons (Fsp3) is 0.500. The number of H-pyrrole nitrogens is 1. The van der Waals surface area contributed by atoms with Gasteiger partial charge in [-0.15, -0.1) is 0 Å². The Hall–Kier alpha value is -2.81. The minimum absolute atomic E-state index is 0.0661. The Kier molecular flexibility index (Phi) is 5.08. The number of anilines is 1. The Labute approximate surface area is 165 Å². The highest BCUT2D eigenvalue weighted by atomic mass is 16.3. The molecule has 6 heteroatoms. The first kappa shape index (κ1) is 18.5. The highest BCUT2D eigenvalue weighted by Crippen LogP contribution is 2.32. The van der Waals surface area contributed by atoms with Gasteiger partial charge in [-0.2, -0.15) is 5.26 Å². The van der Waals surface area contributed by atoms with Crippen LogP contribution in [-0.4, -0.2) is 37.0 Å². The SMILES string of the molecule is CC(C)Cc1[nH+]c(N2CCN(C(=O)c3ccco3)CC2)c(C#N)c2c1CCC2. The van der Waals surface area contributed by atoms with Crippen LogP contribution in [0.3, 0.4) is 0 Å². The van der Waals surface area contributed by atoms with E-state index in [0.717, 1.165) is 37.1 Å². The number of aromatic nitrogens is 1. The van der Waals surface area contributed by atoms with Crippen LogP contribution in [0.2, 0.25) is 0 Å². The van der Waals surface area contributed by atoms with Gasteiger partial charge in [0.1, 0.15) is 30.4 Å². The Bertz CT molecular complexity index is 904. The van der Waals surface area contributed by atoms with Gasteiger partial charge in [0.2, 0.25) is 0 Å². The molecular weight excluding hydrogens is 352 g/mol. The lowest BCUT2D eigenvalue weighted by Crippen LogP contribution is -2.50. The smallest absolute Gasteiger partial charge is 0.293 e. The average Bonchev–Trinajstić information content (AvgIpc) is 3.39. The number of hydrogen-bond donors (Lipinski definition) is 0. The van der Waals surface area contributed by atoms with E-state index in [1.807, 2.05) is 4.90 Å². The third kappa shape index (κ3) is 3.37. The van der Waals surface area contributed by atoms with Gasteiger partial charge in [-0.25, -0.2) is 4.98 Å². The molecule has 2 aromatic rings. The third-order valence-corrected chi connectivity index (χ3v) is 5.73. The van der Waals surface area contributed by atoms with E-state index >= 15 is 0 Å². The normalized spacial score (nSPS) is 16.4. The van der Waals surface area contributed by atoms with Crippen LogP contribution in [0.15, 0.2) is 22.8 Å². The second-order valence-electron chi connectivity index (χ2n) is 8.10. The summed E-state index contributed by atoms with van der Waals surface area (Å²) in [4.78, 5) is 20.2. The van der Waals surface area contributed by atoms with Crippen LogP contribution < -0.4 is 9.88 Å². The molecule has 0 aromatic carbocycles. The van der Waals surface area contributed by atoms with Crippen LogP contribution in [0.5, 0.6) is 0 Å². The molecule has 1 aliphatic heterocycles. The van der Waals surface area contributed by atoms with Crippen molar-refractivity contribution in [2.75, 3.05) is 31.1 Å². The number of nitrogens with one attached hydrogen (secondary N) is 1. The van der Waals surface area contributed by atoms with Gasteiger partial charge in [0, 0.05) is 6.42 Å². The van der Waals surface area contributed by atoms with E-state index in [2.05, 4.69) is 29.8 Å². The van der Waals surface area contributed by atoms with E-state index in [0.29, 0.717) is 37.9 Å². The van der Waals surface area contributed by atoms with Gasteiger partial charge in [0.15, 0.2) is 5.76 Å². The number of carbonyl (C=O) groups is 1. The summed E-state index contributed by atoms with van der Waals surface area (Å²) in [6, 6.07) is 5.90. The van der Waals surface area contributed by atoms with Crippen molar-refractivity contribution in [2.45, 2.75) is 39.5 Å². The molecule has 1 amide bonds. The molecule has 4 rings (SSSR count). The van der Waals surface area contributed by atoms with Gasteiger partial charge < -0.3 is 9.32 Å². The van der Waals surface area contributed by atoms with Gasteiger partial charge in [-0.1, -0.05) is 13.8 Å². The molecule has 0 bridgehead atoms. The third-order valence-electron chi connectivity index (χ3n) is 5.73. The summed E-state index contributed by atoms with van der Waals surface area (Å²) in [6.45, 7) is 7.11. The van der Waals surface area contributed by atoms with Crippen LogP contribution in [0.4, 0.5) is 5.82 Å². The first-order valence-corrected chi connectivity index (χ1v) is 10.2. The van der Waals surface area contributed by atoms with Crippen molar-refractivity contribution in [1.29, 1.82) is 5.26 Å². The van der Waals surface area contributed by atoms with E-state index in [1.54, 1.807) is 12.1 Å². The highest BCUT2D eigenvalue weighted by molar-refractivity contribution is 5.91. The van der Waals surface area contributed by atoms with Crippen molar-refractivity contribution in [3.05, 3.63) is 46.5 Å². The van der Waals surface area contributed by atoms with Crippen LogP contribution >= 0.6 is 0 Å². The highest BCUT2D eigenvalue weighted by Gasteiger charge is 2.34. The first-order chi connectivity index (χ1) is 13.6. The summed E-state index contributed by atoms with van der Waals surface area (Å²) in [5.74, 6) is 1.81. The molecule has 28 heavy (non-hydrogen) atoms. The monoisotopic (exact) mass is 379 g/mol. The van der Waals surface area contributed by atoms with Gasteiger partial charge in [0.25, 0.3) is 11.7 Å². The molecule has 3 heterocycles. The van der Waals surface area contributed by atoms with E-state index < -0.39 is 0 Å². The van der Waals surface area contributed by atoms with E-state index in [-0.39, 0.29) is 5.91 Å². The zero-order chi connectivity index (χ0) is 19.7. The maximum absolute atomic E-state index is 12.5. The van der Waals surface area contributed by atoms with Crippen LogP contribution in [-0.2, 0) is 19.3 Å². The Morgan fingerprint density at radius 3 is 2.64 bits per heavy atom. The summed E-state index contributed by atoms with van der Waals surface area (Å²) >= 11 is 0. The summed E-state index contributed by atoms with van der Waals surface area (Å²) in [5.41, 5.74) is 4.68. The maximum Gasteiger partial charge on any atom is 0.293 e. The summed E-state index contributed by atoms with van der Waals surface area (Å²) in [6.07, 6.45) is 5.70. The second kappa shape index (κ2) is 7.67. The molecule has 1 saturated heterocycles. The second-order valence-corrected chi connectivity index (χ2v) is 8.10. The lowest BCUT2D eigenvalue weighted by atomic mass is 9.97. The van der Waals surface area contributed by atoms with Crippen molar-refractivity contribution < 1.29 is 14.2 Å². The van der Waals surface area contributed by atoms with Gasteiger partial charge in [-0.05, 0) is 48.4 Å². The number of nitrogens with zero attached hydrogens (tertiary/aromatic N) is 3. The maximum atomic E-state index is 12.5. The number of aromatic amines is 1. The number of amides is 1. The van der Waals surface area contributed by atoms with E-state index in [1.165, 1.54) is 23.1 Å². The fourth-order valence-electron chi connectivity index (χ4n) is 4.41. The number of nitriles is 1. The number of fused-ring (bicyclic) bond motifs is 1. The molecule has 1 fully saturated rings. The minimum atomic E-state index is -0.0661. The van der Waals surface area contributed by atoms with Crippen LogP contribution in [0, 0.1) is 17.2 Å². The standard InChI is InChI=1S/C22H26N4O2/c1-15(2)13-19-17-6-3-5-16(17)18(14-23)21(24-19)25-8-10-26(11-9-25)22(27)20-7-4-12-28-20/h4,7,12,15H,3,5-6,8-11,13H2,1-2H3/p+1. The molecule has 0 atom stereocenters. The van der Waals surface area contributed by atoms with Crippen LogP contribution in [0.1, 0.15) is 53.2 Å². The van der Waals surface area contributed by atoms with Crippen LogP contribution in [0.25, 0.3) is 0 Å². The topological polar surface area (TPSA) is 74.6 Å². The van der Waals surface area contributed by atoms with Crippen molar-refractivity contribution in [3.63, 3.8) is 0 Å². The average molecular weight is 379 g/mol. The molecule has 146 valence electrons. The predicted molar refractivity (Wildman–Crippen MR) is 105 cm³/mol. The molecule has 0 saturated carbocycles. The number of piperazine rings is 1. The summed E-state index contributed by atoms with van der Waals surface area (Å²) in [5, 5.41) is 9.88. The quantitative estimate of drug-likeness (QED) is 0.818. The molecule has 0 spiro atoms. The molecule has 6 nitrogen and oxygen atoms in total. The molecule has 1 N–H and O–H groups in total. The first-order valence-electron chi connectivity index (χ1n) is 10.2. The van der Waals surface area contributed by atoms with Crippen molar-refractivity contribution in [3.8, 4) is 6.07 Å². The number of furan rings is 1. The van der Waals surface area contributed by atoms with Gasteiger partial charge in [0.05, 0.1) is 19.4 Å². The summed E-state index contributed by atoms with van der Waals surface area (Å²) < 4.78 is 5.25. The Morgan fingerprint density at radius 2 is 2.00 bits per heavy atom. The Morgan fingerprint density at radius 1 is 1.25 bits per heavy atom. The summed E-state index contributed by atoms with van der Waals surface area (Å²) in [7, 11) is 0. The number of hydrogen-bond acceptors (Lipinski definition) is 4. The fourth-order valence-corrected chi connectivity index (χ4v) is 4.41. The van der Waals surface area contributed by atoms with Crippen molar-refractivity contribution >= 4 is 11.7 Å². The zero-order valence-corrected chi connectivity index (χ0v) is 16.6. The zero-order valence-electron chi connectivity index (χ0n) is 16.6. The molecular formula is C22H27N4O2+. The number of carbonyl (C=O) groups excluding carboxylic acids is 1. The van der Waals surface area contributed by atoms with E-state index in [9.17, 15) is 10.1 Å². The van der Waals surface area contributed by atoms with E-state index in [4.69, 9.17) is 4.42 Å². The Balaban J connectivity index is 1.58. The lowest BCUT2D eigenvalue weighted by molar-refractivity contribution is -0.378. The van der Waals surface area contributed by atoms with Crippen molar-refractivity contribution in [2.24, 2.45) is 5.92 Å². The largest absolute Gasteiger partial charge is 0.459 e.